The zero-order chi connectivity index (χ0) is 15.3. The van der Waals surface area contributed by atoms with Gasteiger partial charge in [-0.1, -0.05) is 5.92 Å². The standard InChI is InChI=1S/C14H13NO5/c1-3-9-4-6-10(7-5-9)13(18)15(2)11(14(19)20)8-12(16)17/h1,4-7,11H,8H2,2H3,(H,16,17)(H,19,20). The minimum Gasteiger partial charge on any atom is -0.481 e. The zero-order valence-corrected chi connectivity index (χ0v) is 10.7. The van der Waals surface area contributed by atoms with Gasteiger partial charge in [0.2, 0.25) is 0 Å². The number of terminal acetylenes is 1. The van der Waals surface area contributed by atoms with Crippen LogP contribution in [0.3, 0.4) is 0 Å². The number of nitrogens with zero attached hydrogens (tertiary/aromatic N) is 1. The van der Waals surface area contributed by atoms with Crippen LogP contribution in [-0.4, -0.2) is 46.0 Å². The Morgan fingerprint density at radius 2 is 1.80 bits per heavy atom. The number of carboxylic acid groups (broad SMARTS) is 2. The third-order valence-corrected chi connectivity index (χ3v) is 2.74. The SMILES string of the molecule is C#Cc1ccc(C(=O)N(C)C(CC(=O)O)C(=O)O)cc1. The summed E-state index contributed by atoms with van der Waals surface area (Å²) in [6.45, 7) is 0. The van der Waals surface area contributed by atoms with Gasteiger partial charge >= 0.3 is 11.9 Å². The van der Waals surface area contributed by atoms with Crippen molar-refractivity contribution in [2.45, 2.75) is 12.5 Å². The summed E-state index contributed by atoms with van der Waals surface area (Å²) in [6, 6.07) is 4.61. The number of amides is 1. The van der Waals surface area contributed by atoms with Gasteiger partial charge in [-0.2, -0.15) is 0 Å². The Bertz CT molecular complexity index is 570. The third-order valence-electron chi connectivity index (χ3n) is 2.74. The first-order chi connectivity index (χ1) is 9.36. The third kappa shape index (κ3) is 3.59. The maximum atomic E-state index is 12.1. The molecule has 1 amide bonds. The van der Waals surface area contributed by atoms with Crippen LogP contribution in [0.4, 0.5) is 0 Å². The number of hydrogen-bond donors (Lipinski definition) is 2. The van der Waals surface area contributed by atoms with Crippen LogP contribution in [0.2, 0.25) is 0 Å². The van der Waals surface area contributed by atoms with Gasteiger partial charge in [0.1, 0.15) is 6.04 Å². The predicted octanol–water partition coefficient (Wildman–Crippen LogP) is 0.668. The summed E-state index contributed by atoms with van der Waals surface area (Å²) in [7, 11) is 1.25. The number of benzene rings is 1. The van der Waals surface area contributed by atoms with E-state index in [9.17, 15) is 14.4 Å². The summed E-state index contributed by atoms with van der Waals surface area (Å²) in [5.41, 5.74) is 0.827. The van der Waals surface area contributed by atoms with Crippen molar-refractivity contribution in [1.82, 2.24) is 4.90 Å². The van der Waals surface area contributed by atoms with Crippen molar-refractivity contribution < 1.29 is 24.6 Å². The summed E-state index contributed by atoms with van der Waals surface area (Å²) < 4.78 is 0. The fraction of sp³-hybridized carbons (Fsp3) is 0.214. The second kappa shape index (κ2) is 6.38. The van der Waals surface area contributed by atoms with Crippen LogP contribution in [0.25, 0.3) is 0 Å². The van der Waals surface area contributed by atoms with Gasteiger partial charge in [0, 0.05) is 18.2 Å². The van der Waals surface area contributed by atoms with E-state index in [1.54, 1.807) is 12.1 Å². The Labute approximate surface area is 115 Å². The van der Waals surface area contributed by atoms with Crippen molar-refractivity contribution in [2.24, 2.45) is 0 Å². The second-order valence-electron chi connectivity index (χ2n) is 4.09. The summed E-state index contributed by atoms with van der Waals surface area (Å²) in [4.78, 5) is 34.6. The van der Waals surface area contributed by atoms with Crippen LogP contribution in [0.5, 0.6) is 0 Å². The maximum absolute atomic E-state index is 12.1. The second-order valence-corrected chi connectivity index (χ2v) is 4.09. The number of carbonyl (C=O) groups is 3. The smallest absolute Gasteiger partial charge is 0.327 e. The Balaban J connectivity index is 2.95. The summed E-state index contributed by atoms with van der Waals surface area (Å²) in [5, 5.41) is 17.7. The highest BCUT2D eigenvalue weighted by Crippen LogP contribution is 2.11. The molecule has 104 valence electrons. The maximum Gasteiger partial charge on any atom is 0.327 e. The van der Waals surface area contributed by atoms with E-state index >= 15 is 0 Å². The Hall–Kier alpha value is -2.81. The minimum atomic E-state index is -1.42. The molecule has 20 heavy (non-hydrogen) atoms. The van der Waals surface area contributed by atoms with Gasteiger partial charge in [0.15, 0.2) is 0 Å². The van der Waals surface area contributed by atoms with Crippen molar-refractivity contribution in [2.75, 3.05) is 7.05 Å². The molecule has 0 spiro atoms. The quantitative estimate of drug-likeness (QED) is 0.770. The molecule has 2 N–H and O–H groups in total. The van der Waals surface area contributed by atoms with E-state index < -0.39 is 30.3 Å². The Kier molecular flexibility index (Phi) is 4.87. The molecular formula is C14H13NO5. The number of hydrogen-bond acceptors (Lipinski definition) is 3. The highest BCUT2D eigenvalue weighted by atomic mass is 16.4. The molecule has 0 aliphatic heterocycles. The number of carboxylic acids is 2. The topological polar surface area (TPSA) is 94.9 Å². The lowest BCUT2D eigenvalue weighted by Gasteiger charge is -2.23. The molecule has 1 rings (SSSR count). The monoisotopic (exact) mass is 275 g/mol. The fourth-order valence-corrected chi connectivity index (χ4v) is 1.61. The molecule has 1 aromatic carbocycles. The Morgan fingerprint density at radius 3 is 2.20 bits per heavy atom. The summed E-state index contributed by atoms with van der Waals surface area (Å²) in [6.07, 6.45) is 4.52. The highest BCUT2D eigenvalue weighted by Gasteiger charge is 2.29. The van der Waals surface area contributed by atoms with Crippen LogP contribution < -0.4 is 0 Å². The largest absolute Gasteiger partial charge is 0.481 e. The number of aliphatic carboxylic acids is 2. The first kappa shape index (κ1) is 15.2. The van der Waals surface area contributed by atoms with Gasteiger partial charge in [-0.15, -0.1) is 6.42 Å². The average molecular weight is 275 g/mol. The van der Waals surface area contributed by atoms with E-state index in [-0.39, 0.29) is 5.56 Å². The zero-order valence-electron chi connectivity index (χ0n) is 10.7. The van der Waals surface area contributed by atoms with Crippen molar-refractivity contribution in [3.63, 3.8) is 0 Å². The average Bonchev–Trinajstić information content (AvgIpc) is 2.43. The van der Waals surface area contributed by atoms with Gasteiger partial charge in [-0.3, -0.25) is 9.59 Å². The van der Waals surface area contributed by atoms with Gasteiger partial charge in [0.25, 0.3) is 5.91 Å². The molecular weight excluding hydrogens is 262 g/mol. The van der Waals surface area contributed by atoms with Crippen molar-refractivity contribution in [3.05, 3.63) is 35.4 Å². The lowest BCUT2D eigenvalue weighted by Crippen LogP contribution is -2.43. The molecule has 0 aliphatic carbocycles. The van der Waals surface area contributed by atoms with Crippen LogP contribution >= 0.6 is 0 Å². The lowest BCUT2D eigenvalue weighted by molar-refractivity contribution is -0.148. The first-order valence-corrected chi connectivity index (χ1v) is 5.65. The molecule has 0 saturated carbocycles. The molecule has 0 aromatic heterocycles. The molecule has 1 unspecified atom stereocenters. The Morgan fingerprint density at radius 1 is 1.25 bits per heavy atom. The first-order valence-electron chi connectivity index (χ1n) is 5.65. The molecule has 1 atom stereocenters. The van der Waals surface area contributed by atoms with E-state index in [1.165, 1.54) is 19.2 Å². The fourth-order valence-electron chi connectivity index (χ4n) is 1.61. The van der Waals surface area contributed by atoms with Crippen molar-refractivity contribution in [1.29, 1.82) is 0 Å². The number of rotatable bonds is 5. The molecule has 6 nitrogen and oxygen atoms in total. The molecule has 0 saturated heterocycles. The molecule has 1 aromatic rings. The molecule has 6 heteroatoms. The summed E-state index contributed by atoms with van der Waals surface area (Å²) in [5.74, 6) is -0.852. The molecule has 0 heterocycles. The molecule has 0 radical (unpaired) electrons. The molecule has 0 fully saturated rings. The van der Waals surface area contributed by atoms with E-state index in [2.05, 4.69) is 5.92 Å². The van der Waals surface area contributed by atoms with Gasteiger partial charge in [0.05, 0.1) is 6.42 Å². The normalized spacial score (nSPS) is 11.2. The lowest BCUT2D eigenvalue weighted by atomic mass is 10.1. The minimum absolute atomic E-state index is 0.239. The van der Waals surface area contributed by atoms with Crippen LogP contribution in [-0.2, 0) is 9.59 Å². The van der Waals surface area contributed by atoms with Crippen LogP contribution in [0, 0.1) is 12.3 Å². The van der Waals surface area contributed by atoms with Gasteiger partial charge in [-0.25, -0.2) is 4.79 Å². The van der Waals surface area contributed by atoms with Gasteiger partial charge < -0.3 is 15.1 Å². The van der Waals surface area contributed by atoms with Crippen LogP contribution in [0.15, 0.2) is 24.3 Å². The van der Waals surface area contributed by atoms with E-state index in [0.29, 0.717) is 5.56 Å². The number of likely N-dealkylation sites (N-methyl/N-ethyl adjacent to an activating group) is 1. The van der Waals surface area contributed by atoms with Crippen molar-refractivity contribution in [3.8, 4) is 12.3 Å². The molecule has 0 bridgehead atoms. The number of carbonyl (C=O) groups excluding carboxylic acids is 1. The van der Waals surface area contributed by atoms with E-state index in [0.717, 1.165) is 4.90 Å². The predicted molar refractivity (Wildman–Crippen MR) is 70.1 cm³/mol. The van der Waals surface area contributed by atoms with E-state index in [1.807, 2.05) is 0 Å². The van der Waals surface area contributed by atoms with Gasteiger partial charge in [-0.05, 0) is 24.3 Å². The van der Waals surface area contributed by atoms with Crippen LogP contribution in [0.1, 0.15) is 22.3 Å². The summed E-state index contributed by atoms with van der Waals surface area (Å²) >= 11 is 0. The van der Waals surface area contributed by atoms with Crippen molar-refractivity contribution >= 4 is 17.8 Å². The highest BCUT2D eigenvalue weighted by molar-refractivity contribution is 5.97. The van der Waals surface area contributed by atoms with E-state index in [4.69, 9.17) is 16.6 Å². The molecule has 0 aliphatic rings.